The fourth-order valence-electron chi connectivity index (χ4n) is 1.31. The molecule has 0 saturated carbocycles. The summed E-state index contributed by atoms with van der Waals surface area (Å²) in [6, 6.07) is 3.36. The Labute approximate surface area is 94.9 Å². The third-order valence-corrected chi connectivity index (χ3v) is 2.15. The lowest BCUT2D eigenvalue weighted by Gasteiger charge is -2.10. The molecule has 3 N–H and O–H groups in total. The highest BCUT2D eigenvalue weighted by Crippen LogP contribution is 2.05. The van der Waals surface area contributed by atoms with E-state index in [1.165, 1.54) is 0 Å². The molecule has 1 amide bonds. The Morgan fingerprint density at radius 3 is 2.94 bits per heavy atom. The largest absolute Gasteiger partial charge is 0.456 e. The van der Waals surface area contributed by atoms with Crippen molar-refractivity contribution in [1.29, 1.82) is 0 Å². The van der Waals surface area contributed by atoms with Crippen molar-refractivity contribution >= 4 is 5.91 Å². The van der Waals surface area contributed by atoms with Crippen LogP contribution in [0.15, 0.2) is 16.5 Å². The molecule has 16 heavy (non-hydrogen) atoms. The van der Waals surface area contributed by atoms with E-state index in [2.05, 4.69) is 5.32 Å². The Bertz CT molecular complexity index is 336. The first kappa shape index (κ1) is 12.7. The Morgan fingerprint density at radius 2 is 2.38 bits per heavy atom. The van der Waals surface area contributed by atoms with Gasteiger partial charge in [-0.25, -0.2) is 0 Å². The Kier molecular flexibility index (Phi) is 5.01. The molecule has 0 fully saturated rings. The van der Waals surface area contributed by atoms with E-state index in [0.29, 0.717) is 25.3 Å². The first-order chi connectivity index (χ1) is 7.63. The molecular formula is C11H18N2O3. The molecular weight excluding hydrogens is 208 g/mol. The van der Waals surface area contributed by atoms with Gasteiger partial charge in [0, 0.05) is 19.7 Å². The average Bonchev–Trinajstić information content (AvgIpc) is 2.65. The maximum absolute atomic E-state index is 11.5. The third-order valence-electron chi connectivity index (χ3n) is 2.15. The number of carbonyl (C=O) groups excluding carboxylic acids is 1. The summed E-state index contributed by atoms with van der Waals surface area (Å²) >= 11 is 0. The summed E-state index contributed by atoms with van der Waals surface area (Å²) < 4.78 is 10.1. The smallest absolute Gasteiger partial charge is 0.286 e. The van der Waals surface area contributed by atoms with Gasteiger partial charge in [0.15, 0.2) is 5.76 Å². The first-order valence-electron chi connectivity index (χ1n) is 5.22. The van der Waals surface area contributed by atoms with E-state index in [-0.39, 0.29) is 11.9 Å². The summed E-state index contributed by atoms with van der Waals surface area (Å²) in [7, 11) is 1.60. The van der Waals surface area contributed by atoms with Crippen molar-refractivity contribution in [2.45, 2.75) is 19.4 Å². The van der Waals surface area contributed by atoms with E-state index in [0.717, 1.165) is 5.76 Å². The Hall–Kier alpha value is -1.33. The van der Waals surface area contributed by atoms with E-state index in [1.54, 1.807) is 26.2 Å². The second-order valence-electron chi connectivity index (χ2n) is 3.67. The van der Waals surface area contributed by atoms with Gasteiger partial charge >= 0.3 is 0 Å². The van der Waals surface area contributed by atoms with Gasteiger partial charge in [-0.3, -0.25) is 4.79 Å². The number of hydrogen-bond acceptors (Lipinski definition) is 4. The summed E-state index contributed by atoms with van der Waals surface area (Å²) in [6.45, 7) is 2.81. The third kappa shape index (κ3) is 4.04. The highest BCUT2D eigenvalue weighted by Gasteiger charge is 2.09. The lowest BCUT2D eigenvalue weighted by atomic mass is 10.2. The summed E-state index contributed by atoms with van der Waals surface area (Å²) in [5.41, 5.74) is 5.71. The number of furan rings is 1. The minimum absolute atomic E-state index is 0.0522. The van der Waals surface area contributed by atoms with Crippen LogP contribution in [-0.4, -0.2) is 32.2 Å². The van der Waals surface area contributed by atoms with Gasteiger partial charge in [0.2, 0.25) is 0 Å². The molecule has 90 valence electrons. The van der Waals surface area contributed by atoms with Crippen molar-refractivity contribution < 1.29 is 13.9 Å². The molecule has 1 unspecified atom stereocenters. The molecule has 1 atom stereocenters. The summed E-state index contributed by atoms with van der Waals surface area (Å²) in [4.78, 5) is 11.5. The van der Waals surface area contributed by atoms with Crippen molar-refractivity contribution in [3.63, 3.8) is 0 Å². The van der Waals surface area contributed by atoms with Gasteiger partial charge in [0.05, 0.1) is 6.61 Å². The van der Waals surface area contributed by atoms with E-state index >= 15 is 0 Å². The van der Waals surface area contributed by atoms with Crippen molar-refractivity contribution in [3.05, 3.63) is 23.7 Å². The minimum Gasteiger partial charge on any atom is -0.456 e. The maximum atomic E-state index is 11.5. The zero-order valence-corrected chi connectivity index (χ0v) is 9.66. The molecule has 1 aromatic rings. The fourth-order valence-corrected chi connectivity index (χ4v) is 1.31. The fraction of sp³-hybridized carbons (Fsp3) is 0.545. The quantitative estimate of drug-likeness (QED) is 0.747. The van der Waals surface area contributed by atoms with Crippen LogP contribution in [0.5, 0.6) is 0 Å². The van der Waals surface area contributed by atoms with Gasteiger partial charge in [0.25, 0.3) is 5.91 Å². The second-order valence-corrected chi connectivity index (χ2v) is 3.67. The molecule has 0 aromatic carbocycles. The predicted molar refractivity (Wildman–Crippen MR) is 60.2 cm³/mol. The van der Waals surface area contributed by atoms with Crippen LogP contribution in [0.4, 0.5) is 0 Å². The van der Waals surface area contributed by atoms with Crippen LogP contribution in [-0.2, 0) is 4.74 Å². The van der Waals surface area contributed by atoms with E-state index in [1.807, 2.05) is 0 Å². The number of nitrogens with one attached hydrogen (secondary N) is 1. The van der Waals surface area contributed by atoms with Crippen LogP contribution in [0.2, 0.25) is 0 Å². The number of ether oxygens (including phenoxy) is 1. The molecule has 0 spiro atoms. The van der Waals surface area contributed by atoms with Crippen molar-refractivity contribution in [2.24, 2.45) is 5.73 Å². The summed E-state index contributed by atoms with van der Waals surface area (Å²) in [6.07, 6.45) is 0.680. The molecule has 1 heterocycles. The number of hydrogen-bond donors (Lipinski definition) is 2. The zero-order chi connectivity index (χ0) is 12.0. The highest BCUT2D eigenvalue weighted by atomic mass is 16.5. The van der Waals surface area contributed by atoms with Gasteiger partial charge in [-0.1, -0.05) is 0 Å². The molecule has 5 heteroatoms. The molecule has 1 rings (SSSR count). The standard InChI is InChI=1S/C11H18N2O3/c1-8-3-4-10(16-8)11(14)13-6-5-9(12)7-15-2/h3-4,9H,5-7,12H2,1-2H3,(H,13,14). The summed E-state index contributed by atoms with van der Waals surface area (Å²) in [5, 5.41) is 2.73. The summed E-state index contributed by atoms with van der Waals surface area (Å²) in [5.74, 6) is 0.844. The number of rotatable bonds is 6. The predicted octanol–water partition coefficient (Wildman–Crippen LogP) is 0.682. The van der Waals surface area contributed by atoms with Gasteiger partial charge in [-0.2, -0.15) is 0 Å². The van der Waals surface area contributed by atoms with Crippen molar-refractivity contribution in [1.82, 2.24) is 5.32 Å². The van der Waals surface area contributed by atoms with Crippen molar-refractivity contribution in [2.75, 3.05) is 20.3 Å². The van der Waals surface area contributed by atoms with Crippen LogP contribution in [0.3, 0.4) is 0 Å². The monoisotopic (exact) mass is 226 g/mol. The molecule has 0 aliphatic rings. The molecule has 0 radical (unpaired) electrons. The second kappa shape index (κ2) is 6.30. The van der Waals surface area contributed by atoms with Crippen LogP contribution in [0.1, 0.15) is 22.7 Å². The van der Waals surface area contributed by atoms with Crippen LogP contribution in [0.25, 0.3) is 0 Å². The van der Waals surface area contributed by atoms with Crippen LogP contribution in [0, 0.1) is 6.92 Å². The molecule has 1 aromatic heterocycles. The molecule has 5 nitrogen and oxygen atoms in total. The number of nitrogens with two attached hydrogens (primary N) is 1. The Balaban J connectivity index is 2.25. The lowest BCUT2D eigenvalue weighted by Crippen LogP contribution is -2.32. The van der Waals surface area contributed by atoms with E-state index < -0.39 is 0 Å². The normalized spacial score (nSPS) is 12.4. The van der Waals surface area contributed by atoms with Gasteiger partial charge in [-0.05, 0) is 25.5 Å². The van der Waals surface area contributed by atoms with Gasteiger partial charge in [-0.15, -0.1) is 0 Å². The topological polar surface area (TPSA) is 77.5 Å². The molecule has 0 aliphatic heterocycles. The minimum atomic E-state index is -0.210. The Morgan fingerprint density at radius 1 is 1.62 bits per heavy atom. The number of aryl methyl sites for hydroxylation is 1. The maximum Gasteiger partial charge on any atom is 0.286 e. The van der Waals surface area contributed by atoms with Crippen LogP contribution < -0.4 is 11.1 Å². The average molecular weight is 226 g/mol. The molecule has 0 saturated heterocycles. The first-order valence-corrected chi connectivity index (χ1v) is 5.22. The molecule has 0 aliphatic carbocycles. The molecule has 0 bridgehead atoms. The van der Waals surface area contributed by atoms with Gasteiger partial charge in [0.1, 0.15) is 5.76 Å². The SMILES string of the molecule is COCC(N)CCNC(=O)c1ccc(C)o1. The van der Waals surface area contributed by atoms with Gasteiger partial charge < -0.3 is 20.2 Å². The van der Waals surface area contributed by atoms with Crippen molar-refractivity contribution in [3.8, 4) is 0 Å². The van der Waals surface area contributed by atoms with E-state index in [9.17, 15) is 4.79 Å². The number of amides is 1. The number of methoxy groups -OCH3 is 1. The lowest BCUT2D eigenvalue weighted by molar-refractivity contribution is 0.0921. The zero-order valence-electron chi connectivity index (χ0n) is 9.66. The van der Waals surface area contributed by atoms with Crippen LogP contribution >= 0.6 is 0 Å². The number of carbonyl (C=O) groups is 1. The highest BCUT2D eigenvalue weighted by molar-refractivity contribution is 5.91. The van der Waals surface area contributed by atoms with E-state index in [4.69, 9.17) is 14.9 Å².